The highest BCUT2D eigenvalue weighted by molar-refractivity contribution is 5.67. The highest BCUT2D eigenvalue weighted by atomic mass is 16.6. The van der Waals surface area contributed by atoms with Crippen molar-refractivity contribution in [1.29, 1.82) is 0 Å². The minimum Gasteiger partial charge on any atom is -0.455 e. The van der Waals surface area contributed by atoms with Gasteiger partial charge in [0.05, 0.1) is 23.7 Å². The SMILES string of the molecule is CC(=O)O[C@H]1C(C)=C[C@]23C(O)[C@@H](C=C(CO)[C@@H](O)[C@]12O)[C@@H]1C(C)(C)[C@]1(O)C[C@H]3C. The molecule has 5 N–H and O–H groups in total. The Bertz CT molecular complexity index is 816. The van der Waals surface area contributed by atoms with Gasteiger partial charge in [0, 0.05) is 24.2 Å². The summed E-state index contributed by atoms with van der Waals surface area (Å²) in [5.74, 6) is -1.91. The summed E-state index contributed by atoms with van der Waals surface area (Å²) in [5.41, 5.74) is -4.21. The fourth-order valence-electron chi connectivity index (χ4n) is 7.17. The molecule has 4 aliphatic rings. The summed E-state index contributed by atoms with van der Waals surface area (Å²) in [6.07, 6.45) is -0.187. The van der Waals surface area contributed by atoms with Gasteiger partial charge >= 0.3 is 5.97 Å². The first-order valence-electron chi connectivity index (χ1n) is 10.3. The van der Waals surface area contributed by atoms with Crippen molar-refractivity contribution in [2.75, 3.05) is 6.61 Å². The first-order valence-corrected chi connectivity index (χ1v) is 10.3. The van der Waals surface area contributed by atoms with Gasteiger partial charge in [0.25, 0.3) is 0 Å². The van der Waals surface area contributed by atoms with E-state index in [9.17, 15) is 30.3 Å². The van der Waals surface area contributed by atoms with Crippen molar-refractivity contribution in [2.24, 2.45) is 28.6 Å². The Morgan fingerprint density at radius 3 is 2.45 bits per heavy atom. The maximum atomic E-state index is 12.1. The van der Waals surface area contributed by atoms with Crippen molar-refractivity contribution in [2.45, 2.75) is 70.6 Å². The number of esters is 1. The quantitative estimate of drug-likeness (QED) is 0.328. The van der Waals surface area contributed by atoms with Crippen LogP contribution in [0.5, 0.6) is 0 Å². The normalized spacial score (nSPS) is 52.3. The molecule has 2 fully saturated rings. The Hall–Kier alpha value is -1.25. The molecule has 7 heteroatoms. The fraction of sp³-hybridized carbons (Fsp3) is 0.773. The molecule has 0 saturated heterocycles. The molecule has 0 aromatic heterocycles. The van der Waals surface area contributed by atoms with E-state index >= 15 is 0 Å². The van der Waals surface area contributed by atoms with Crippen LogP contribution in [0.3, 0.4) is 0 Å². The summed E-state index contributed by atoms with van der Waals surface area (Å²) < 4.78 is 5.44. The molecule has 2 saturated carbocycles. The highest BCUT2D eigenvalue weighted by Crippen LogP contribution is 2.74. The zero-order chi connectivity index (χ0) is 21.7. The van der Waals surface area contributed by atoms with Crippen LogP contribution in [0.15, 0.2) is 23.3 Å². The lowest BCUT2D eigenvalue weighted by Gasteiger charge is -2.52. The molecule has 9 atom stereocenters. The zero-order valence-corrected chi connectivity index (χ0v) is 17.6. The molecule has 2 bridgehead atoms. The minimum atomic E-state index is -2.07. The second-order valence-electron chi connectivity index (χ2n) is 10.2. The molecule has 0 radical (unpaired) electrons. The van der Waals surface area contributed by atoms with Crippen LogP contribution in [-0.2, 0) is 9.53 Å². The molecular formula is C22H32O7. The van der Waals surface area contributed by atoms with Crippen LogP contribution in [0.2, 0.25) is 0 Å². The first kappa shape index (κ1) is 21.0. The Labute approximate surface area is 170 Å². The molecule has 0 aromatic rings. The van der Waals surface area contributed by atoms with Gasteiger partial charge < -0.3 is 30.3 Å². The molecular weight excluding hydrogens is 376 g/mol. The molecule has 1 spiro atoms. The third kappa shape index (κ3) is 2.18. The average molecular weight is 408 g/mol. The van der Waals surface area contributed by atoms with Gasteiger partial charge in [-0.05, 0) is 30.4 Å². The predicted molar refractivity (Wildman–Crippen MR) is 103 cm³/mol. The summed E-state index contributed by atoms with van der Waals surface area (Å²) in [5, 5.41) is 56.4. The fourth-order valence-corrected chi connectivity index (χ4v) is 7.17. The molecule has 0 aliphatic heterocycles. The molecule has 0 aromatic carbocycles. The Balaban J connectivity index is 1.98. The number of carbonyl (C=O) groups excluding carboxylic acids is 1. The zero-order valence-electron chi connectivity index (χ0n) is 17.6. The van der Waals surface area contributed by atoms with E-state index in [-0.39, 0.29) is 11.5 Å². The largest absolute Gasteiger partial charge is 0.455 e. The lowest BCUT2D eigenvalue weighted by Crippen LogP contribution is -2.67. The molecule has 0 amide bonds. The number of aliphatic hydroxyl groups excluding tert-OH is 3. The van der Waals surface area contributed by atoms with Gasteiger partial charge in [-0.2, -0.15) is 0 Å². The summed E-state index contributed by atoms with van der Waals surface area (Å²) in [7, 11) is 0. The predicted octanol–water partition coefficient (Wildman–Crippen LogP) is 0.293. The van der Waals surface area contributed by atoms with E-state index in [0.29, 0.717) is 12.0 Å². The van der Waals surface area contributed by atoms with Crippen LogP contribution in [0, 0.1) is 28.6 Å². The molecule has 4 rings (SSSR count). The van der Waals surface area contributed by atoms with Crippen molar-refractivity contribution < 1.29 is 35.1 Å². The van der Waals surface area contributed by atoms with Crippen molar-refractivity contribution in [3.8, 4) is 0 Å². The minimum absolute atomic E-state index is 0.165. The average Bonchev–Trinajstić information content (AvgIpc) is 2.99. The number of hydrogen-bond donors (Lipinski definition) is 5. The van der Waals surface area contributed by atoms with Crippen molar-refractivity contribution >= 4 is 5.97 Å². The summed E-state index contributed by atoms with van der Waals surface area (Å²) in [6.45, 7) is 8.15. The second-order valence-corrected chi connectivity index (χ2v) is 10.2. The van der Waals surface area contributed by atoms with E-state index in [1.54, 1.807) is 19.1 Å². The van der Waals surface area contributed by atoms with Crippen LogP contribution in [0.1, 0.15) is 41.0 Å². The van der Waals surface area contributed by atoms with E-state index in [0.717, 1.165) is 0 Å². The highest BCUT2D eigenvalue weighted by Gasteiger charge is 2.81. The number of ether oxygens (including phenoxy) is 1. The van der Waals surface area contributed by atoms with Gasteiger partial charge in [0.1, 0.15) is 11.7 Å². The number of hydrogen-bond acceptors (Lipinski definition) is 7. The molecule has 7 nitrogen and oxygen atoms in total. The third-order valence-corrected chi connectivity index (χ3v) is 8.61. The van der Waals surface area contributed by atoms with E-state index < -0.39 is 64.8 Å². The number of rotatable bonds is 2. The monoisotopic (exact) mass is 408 g/mol. The lowest BCUT2D eigenvalue weighted by molar-refractivity contribution is -0.224. The van der Waals surface area contributed by atoms with Crippen LogP contribution in [0.4, 0.5) is 0 Å². The Morgan fingerprint density at radius 2 is 1.90 bits per heavy atom. The first-order chi connectivity index (χ1) is 13.3. The van der Waals surface area contributed by atoms with Crippen LogP contribution >= 0.6 is 0 Å². The molecule has 29 heavy (non-hydrogen) atoms. The number of carbonyl (C=O) groups is 1. The maximum Gasteiger partial charge on any atom is 0.303 e. The third-order valence-electron chi connectivity index (χ3n) is 8.61. The number of fused-ring (bicyclic) bond motifs is 3. The van der Waals surface area contributed by atoms with Gasteiger partial charge in [0.2, 0.25) is 0 Å². The Morgan fingerprint density at radius 1 is 1.28 bits per heavy atom. The summed E-state index contributed by atoms with van der Waals surface area (Å²) in [4.78, 5) is 11.8. The van der Waals surface area contributed by atoms with Crippen molar-refractivity contribution in [3.05, 3.63) is 23.3 Å². The second kappa shape index (κ2) is 5.92. The van der Waals surface area contributed by atoms with Gasteiger partial charge in [0.15, 0.2) is 6.10 Å². The van der Waals surface area contributed by atoms with Gasteiger partial charge in [-0.3, -0.25) is 4.79 Å². The van der Waals surface area contributed by atoms with Gasteiger partial charge in [-0.1, -0.05) is 32.9 Å². The topological polar surface area (TPSA) is 127 Å². The van der Waals surface area contributed by atoms with E-state index in [1.807, 2.05) is 20.8 Å². The standard InChI is InChI=1S/C22H32O7/c1-10-7-20-11(2)8-21(27)15(19(21,4)5)14(17(20)26)6-13(9-23)16(25)22(20,28)18(10)29-12(3)24/h6-7,11,14-18,23,25-28H,8-9H2,1-5H3/t11-,14+,15-,16-,17?,18+,20+,21+,22+/m1/s1. The van der Waals surface area contributed by atoms with E-state index in [1.165, 1.54) is 6.92 Å². The molecule has 162 valence electrons. The van der Waals surface area contributed by atoms with Gasteiger partial charge in [-0.15, -0.1) is 0 Å². The summed E-state index contributed by atoms with van der Waals surface area (Å²) in [6, 6.07) is 0. The molecule has 4 aliphatic carbocycles. The molecule has 0 heterocycles. The van der Waals surface area contributed by atoms with Crippen molar-refractivity contribution in [1.82, 2.24) is 0 Å². The number of aliphatic hydroxyl groups is 5. The van der Waals surface area contributed by atoms with Gasteiger partial charge in [-0.25, -0.2) is 0 Å². The maximum absolute atomic E-state index is 12.1. The Kier molecular flexibility index (Phi) is 4.28. The van der Waals surface area contributed by atoms with Crippen molar-refractivity contribution in [3.63, 3.8) is 0 Å². The van der Waals surface area contributed by atoms with Crippen LogP contribution in [0.25, 0.3) is 0 Å². The van der Waals surface area contributed by atoms with Crippen LogP contribution < -0.4 is 0 Å². The smallest absolute Gasteiger partial charge is 0.303 e. The van der Waals surface area contributed by atoms with E-state index in [2.05, 4.69) is 0 Å². The lowest BCUT2D eigenvalue weighted by atomic mass is 9.58. The van der Waals surface area contributed by atoms with Crippen LogP contribution in [-0.4, -0.2) is 67.6 Å². The van der Waals surface area contributed by atoms with E-state index in [4.69, 9.17) is 4.74 Å². The summed E-state index contributed by atoms with van der Waals surface area (Å²) >= 11 is 0. The molecule has 1 unspecified atom stereocenters.